The highest BCUT2D eigenvalue weighted by Gasteiger charge is 1.92. The van der Waals surface area contributed by atoms with Gasteiger partial charge in [-0.2, -0.15) is 5.10 Å². The van der Waals surface area contributed by atoms with Gasteiger partial charge in [-0.15, -0.1) is 0 Å². The van der Waals surface area contributed by atoms with E-state index in [1.165, 1.54) is 0 Å². The lowest BCUT2D eigenvalue weighted by atomic mass is 10.2. The van der Waals surface area contributed by atoms with Gasteiger partial charge in [0.1, 0.15) is 0 Å². The van der Waals surface area contributed by atoms with E-state index in [1.807, 2.05) is 24.3 Å². The number of rotatable bonds is 2. The summed E-state index contributed by atoms with van der Waals surface area (Å²) in [5, 5.41) is 10.4. The van der Waals surface area contributed by atoms with E-state index in [4.69, 9.17) is 17.0 Å². The highest BCUT2D eigenvalue weighted by Crippen LogP contribution is 2.11. The van der Waals surface area contributed by atoms with Crippen LogP contribution in [-0.4, -0.2) is 19.6 Å². The zero-order valence-corrected chi connectivity index (χ0v) is 8.62. The Morgan fingerprint density at radius 3 is 2.57 bits per heavy atom. The quantitative estimate of drug-likeness (QED) is 0.394. The fraction of sp³-hybridized carbons (Fsp3) is 0.111. The summed E-state index contributed by atoms with van der Waals surface area (Å²) in [7, 11) is 1.74. The molecule has 0 saturated heterocycles. The summed E-state index contributed by atoms with van der Waals surface area (Å²) in [6.45, 7) is 0. The van der Waals surface area contributed by atoms with Crippen LogP contribution < -0.4 is 11.2 Å². The molecule has 4 nitrogen and oxygen atoms in total. The third kappa shape index (κ3) is 5.16. The van der Waals surface area contributed by atoms with Gasteiger partial charge in [0.25, 0.3) is 0 Å². The molecule has 0 atom stereocenters. The molecule has 0 heterocycles. The van der Waals surface area contributed by atoms with E-state index >= 15 is 0 Å². The van der Waals surface area contributed by atoms with Gasteiger partial charge in [0, 0.05) is 17.6 Å². The van der Waals surface area contributed by atoms with Crippen LogP contribution in [0.15, 0.2) is 29.4 Å². The lowest BCUT2D eigenvalue weighted by Crippen LogP contribution is -1.94. The van der Waals surface area contributed by atoms with Gasteiger partial charge in [0.05, 0.1) is 12.6 Å². The summed E-state index contributed by atoms with van der Waals surface area (Å²) in [4.78, 5) is 0. The molecule has 0 aliphatic carbocycles. The Bertz CT molecular complexity index is 299. The van der Waals surface area contributed by atoms with Crippen molar-refractivity contribution in [2.75, 3.05) is 7.05 Å². The Balaban J connectivity index is 0.000000500. The van der Waals surface area contributed by atoms with Crippen LogP contribution in [0.25, 0.3) is 0 Å². The predicted octanol–water partition coefficient (Wildman–Crippen LogP) is 1.45. The van der Waals surface area contributed by atoms with E-state index in [9.17, 15) is 0 Å². The first-order valence-electron chi connectivity index (χ1n) is 3.91. The van der Waals surface area contributed by atoms with Gasteiger partial charge < -0.3 is 11.2 Å². The van der Waals surface area contributed by atoms with Crippen molar-refractivity contribution in [2.24, 2.45) is 10.8 Å². The SMILES string of the molecule is CN/N=C/c1ccccc1Cl.N=CN. The van der Waals surface area contributed by atoms with E-state index in [-0.39, 0.29) is 0 Å². The summed E-state index contributed by atoms with van der Waals surface area (Å²) < 4.78 is 0. The molecule has 0 bridgehead atoms. The first-order chi connectivity index (χ1) is 6.76. The number of hydrazone groups is 1. The average molecular weight is 213 g/mol. The van der Waals surface area contributed by atoms with E-state index in [1.54, 1.807) is 13.3 Å². The molecule has 76 valence electrons. The molecule has 14 heavy (non-hydrogen) atoms. The van der Waals surface area contributed by atoms with Crippen molar-refractivity contribution in [3.8, 4) is 0 Å². The summed E-state index contributed by atoms with van der Waals surface area (Å²) >= 11 is 5.84. The van der Waals surface area contributed by atoms with E-state index in [2.05, 4.69) is 16.3 Å². The van der Waals surface area contributed by atoms with Crippen LogP contribution in [0.5, 0.6) is 0 Å². The Hall–Kier alpha value is -1.55. The van der Waals surface area contributed by atoms with E-state index < -0.39 is 0 Å². The van der Waals surface area contributed by atoms with Gasteiger partial charge in [0.15, 0.2) is 0 Å². The normalized spacial score (nSPS) is 9.00. The molecule has 1 aromatic rings. The van der Waals surface area contributed by atoms with Crippen molar-refractivity contribution in [3.05, 3.63) is 34.9 Å². The maximum absolute atomic E-state index is 5.86. The molecular weight excluding hydrogens is 200 g/mol. The van der Waals surface area contributed by atoms with E-state index in [0.717, 1.165) is 11.9 Å². The van der Waals surface area contributed by atoms with Crippen molar-refractivity contribution in [3.63, 3.8) is 0 Å². The minimum absolute atomic E-state index is 0.714. The molecular formula is C9H13ClN4. The second-order valence-electron chi connectivity index (χ2n) is 2.17. The topological polar surface area (TPSA) is 74.3 Å². The van der Waals surface area contributed by atoms with Crippen molar-refractivity contribution in [1.82, 2.24) is 5.43 Å². The van der Waals surface area contributed by atoms with Crippen LogP contribution in [0, 0.1) is 5.41 Å². The molecule has 0 unspecified atom stereocenters. The second kappa shape index (κ2) is 8.07. The van der Waals surface area contributed by atoms with Crippen LogP contribution >= 0.6 is 11.6 Å². The number of benzene rings is 1. The second-order valence-corrected chi connectivity index (χ2v) is 2.58. The molecule has 0 amide bonds. The fourth-order valence-electron chi connectivity index (χ4n) is 0.714. The van der Waals surface area contributed by atoms with Crippen LogP contribution in [0.3, 0.4) is 0 Å². The van der Waals surface area contributed by atoms with Gasteiger partial charge in [-0.3, -0.25) is 5.41 Å². The molecule has 5 heteroatoms. The molecule has 1 rings (SSSR count). The lowest BCUT2D eigenvalue weighted by molar-refractivity contribution is 0.908. The minimum atomic E-state index is 0.714. The van der Waals surface area contributed by atoms with Crippen molar-refractivity contribution in [1.29, 1.82) is 5.41 Å². The third-order valence-electron chi connectivity index (χ3n) is 1.24. The Morgan fingerprint density at radius 1 is 1.50 bits per heavy atom. The Labute approximate surface area is 88.3 Å². The van der Waals surface area contributed by atoms with Gasteiger partial charge in [-0.25, -0.2) is 0 Å². The van der Waals surface area contributed by atoms with Crippen LogP contribution in [-0.2, 0) is 0 Å². The zero-order chi connectivity index (χ0) is 10.8. The average Bonchev–Trinajstić information content (AvgIpc) is 2.18. The molecule has 1 aromatic carbocycles. The number of nitrogens with zero attached hydrogens (tertiary/aromatic N) is 1. The zero-order valence-electron chi connectivity index (χ0n) is 7.87. The van der Waals surface area contributed by atoms with Gasteiger partial charge >= 0.3 is 0 Å². The van der Waals surface area contributed by atoms with Crippen molar-refractivity contribution in [2.45, 2.75) is 0 Å². The monoisotopic (exact) mass is 212 g/mol. The Morgan fingerprint density at radius 2 is 2.07 bits per heavy atom. The third-order valence-corrected chi connectivity index (χ3v) is 1.58. The van der Waals surface area contributed by atoms with E-state index in [0.29, 0.717) is 5.02 Å². The summed E-state index contributed by atoms with van der Waals surface area (Å²) in [6, 6.07) is 7.55. The molecule has 0 aliphatic heterocycles. The molecule has 0 fully saturated rings. The Kier molecular flexibility index (Phi) is 7.17. The highest BCUT2D eigenvalue weighted by molar-refractivity contribution is 6.33. The molecule has 0 aromatic heterocycles. The van der Waals surface area contributed by atoms with Gasteiger partial charge in [0.2, 0.25) is 0 Å². The van der Waals surface area contributed by atoms with Crippen LogP contribution in [0.2, 0.25) is 5.02 Å². The summed E-state index contributed by atoms with van der Waals surface area (Å²) in [6.07, 6.45) is 2.43. The lowest BCUT2D eigenvalue weighted by Gasteiger charge is -1.94. The number of hydrogen-bond acceptors (Lipinski definition) is 3. The molecule has 4 N–H and O–H groups in total. The standard InChI is InChI=1S/C8H9ClN2.CH4N2/c1-10-11-6-7-4-2-3-5-8(7)9;2-1-3/h2-6,10H,1H3;1H,(H3,2,3)/b11-6+;. The predicted molar refractivity (Wildman–Crippen MR) is 61.1 cm³/mol. The summed E-state index contributed by atoms with van der Waals surface area (Å²) in [5.74, 6) is 0. The smallest absolute Gasteiger partial charge is 0.0765 e. The van der Waals surface area contributed by atoms with Crippen molar-refractivity contribution >= 4 is 24.2 Å². The van der Waals surface area contributed by atoms with Crippen LogP contribution in [0.1, 0.15) is 5.56 Å². The molecule has 0 aliphatic rings. The number of hydrogen-bond donors (Lipinski definition) is 3. The maximum atomic E-state index is 5.86. The first kappa shape index (κ1) is 12.4. The summed E-state index contributed by atoms with van der Waals surface area (Å²) in [5.41, 5.74) is 7.96. The fourth-order valence-corrected chi connectivity index (χ4v) is 0.898. The van der Waals surface area contributed by atoms with Crippen molar-refractivity contribution < 1.29 is 0 Å². The first-order valence-corrected chi connectivity index (χ1v) is 4.29. The number of halogens is 1. The highest BCUT2D eigenvalue weighted by atomic mass is 35.5. The van der Waals surface area contributed by atoms with Crippen LogP contribution in [0.4, 0.5) is 0 Å². The maximum Gasteiger partial charge on any atom is 0.0765 e. The molecule has 0 radical (unpaired) electrons. The minimum Gasteiger partial charge on any atom is -0.390 e. The molecule has 0 spiro atoms. The largest absolute Gasteiger partial charge is 0.390 e. The molecule has 0 saturated carbocycles. The van der Waals surface area contributed by atoms with Gasteiger partial charge in [-0.05, 0) is 6.07 Å². The number of nitrogens with one attached hydrogen (secondary N) is 2. The van der Waals surface area contributed by atoms with Gasteiger partial charge in [-0.1, -0.05) is 29.8 Å². The number of nitrogens with two attached hydrogens (primary N) is 1.